The van der Waals surface area contributed by atoms with Crippen molar-refractivity contribution in [3.8, 4) is 0 Å². The molecule has 0 saturated heterocycles. The molecule has 1 unspecified atom stereocenters. The second kappa shape index (κ2) is 5.83. The molecule has 0 aliphatic rings. The van der Waals surface area contributed by atoms with E-state index in [9.17, 15) is 4.39 Å². The van der Waals surface area contributed by atoms with Gasteiger partial charge in [-0.2, -0.15) is 0 Å². The number of nitrogens with one attached hydrogen (secondary N) is 1. The van der Waals surface area contributed by atoms with Crippen LogP contribution in [-0.2, 0) is 6.54 Å². The number of hydrogen-bond donors (Lipinski definition) is 1. The van der Waals surface area contributed by atoms with Crippen LogP contribution >= 0.6 is 0 Å². The van der Waals surface area contributed by atoms with Crippen LogP contribution in [0.15, 0.2) is 42.6 Å². The smallest absolute Gasteiger partial charge is 0.128 e. The van der Waals surface area contributed by atoms with E-state index in [-0.39, 0.29) is 11.9 Å². The highest BCUT2D eigenvalue weighted by atomic mass is 19.1. The Balaban J connectivity index is 2.20. The van der Waals surface area contributed by atoms with Crippen LogP contribution in [0.5, 0.6) is 0 Å². The highest BCUT2D eigenvalue weighted by Crippen LogP contribution is 2.16. The Hall–Kier alpha value is -1.61. The fourth-order valence-corrected chi connectivity index (χ4v) is 2.19. The van der Waals surface area contributed by atoms with Crippen LogP contribution in [0.4, 0.5) is 4.39 Å². The van der Waals surface area contributed by atoms with Crippen LogP contribution in [0.3, 0.4) is 0 Å². The Labute approximate surface area is 107 Å². The van der Waals surface area contributed by atoms with Gasteiger partial charge in [-0.25, -0.2) is 4.39 Å². The van der Waals surface area contributed by atoms with Crippen molar-refractivity contribution in [2.24, 2.45) is 0 Å². The van der Waals surface area contributed by atoms with E-state index in [1.807, 2.05) is 24.4 Å². The normalized spacial score (nSPS) is 12.6. The molecule has 1 aromatic heterocycles. The zero-order chi connectivity index (χ0) is 13.0. The summed E-state index contributed by atoms with van der Waals surface area (Å²) in [7, 11) is 0. The monoisotopic (exact) mass is 246 g/mol. The maximum absolute atomic E-state index is 13.6. The van der Waals surface area contributed by atoms with E-state index >= 15 is 0 Å². The van der Waals surface area contributed by atoms with Crippen molar-refractivity contribution in [3.05, 3.63) is 59.7 Å². The molecule has 3 heteroatoms. The third-order valence-corrected chi connectivity index (χ3v) is 3.12. The van der Waals surface area contributed by atoms with Gasteiger partial charge in [0, 0.05) is 23.5 Å². The second-order valence-electron chi connectivity index (χ2n) is 4.43. The maximum Gasteiger partial charge on any atom is 0.128 e. The highest BCUT2D eigenvalue weighted by Gasteiger charge is 2.10. The zero-order valence-electron chi connectivity index (χ0n) is 10.9. The van der Waals surface area contributed by atoms with Gasteiger partial charge in [-0.15, -0.1) is 0 Å². The fourth-order valence-electron chi connectivity index (χ4n) is 2.19. The van der Waals surface area contributed by atoms with Gasteiger partial charge < -0.3 is 9.88 Å². The van der Waals surface area contributed by atoms with Gasteiger partial charge in [-0.05, 0) is 31.7 Å². The molecule has 0 radical (unpaired) electrons. The molecule has 0 aliphatic carbocycles. The summed E-state index contributed by atoms with van der Waals surface area (Å²) in [6.07, 6.45) is 2.00. The highest BCUT2D eigenvalue weighted by molar-refractivity contribution is 5.20. The van der Waals surface area contributed by atoms with Crippen LogP contribution in [0.2, 0.25) is 0 Å². The molecule has 1 aromatic carbocycles. The first-order valence-corrected chi connectivity index (χ1v) is 6.34. The van der Waals surface area contributed by atoms with Crippen LogP contribution in [-0.4, -0.2) is 11.1 Å². The van der Waals surface area contributed by atoms with Gasteiger partial charge in [0.25, 0.3) is 0 Å². The predicted molar refractivity (Wildman–Crippen MR) is 72.0 cm³/mol. The van der Waals surface area contributed by atoms with Gasteiger partial charge in [-0.1, -0.05) is 25.1 Å². The summed E-state index contributed by atoms with van der Waals surface area (Å²) in [4.78, 5) is 0. The molecule has 2 aromatic rings. The Kier molecular flexibility index (Phi) is 4.15. The molecule has 0 bridgehead atoms. The molecule has 0 fully saturated rings. The first-order chi connectivity index (χ1) is 8.72. The average molecular weight is 246 g/mol. The molecule has 1 atom stereocenters. The third kappa shape index (κ3) is 2.79. The van der Waals surface area contributed by atoms with Crippen LogP contribution < -0.4 is 5.32 Å². The van der Waals surface area contributed by atoms with Gasteiger partial charge in [0.15, 0.2) is 0 Å². The Morgan fingerprint density at radius 2 is 2.00 bits per heavy atom. The molecule has 0 amide bonds. The number of nitrogens with zero attached hydrogens (tertiary/aromatic N) is 1. The maximum atomic E-state index is 13.6. The molecule has 0 spiro atoms. The molecule has 1 N–H and O–H groups in total. The van der Waals surface area contributed by atoms with Gasteiger partial charge >= 0.3 is 0 Å². The molecule has 18 heavy (non-hydrogen) atoms. The van der Waals surface area contributed by atoms with Crippen molar-refractivity contribution in [2.45, 2.75) is 26.4 Å². The summed E-state index contributed by atoms with van der Waals surface area (Å²) < 4.78 is 15.7. The lowest BCUT2D eigenvalue weighted by Crippen LogP contribution is -2.21. The minimum absolute atomic E-state index is 0.145. The lowest BCUT2D eigenvalue weighted by Gasteiger charge is -2.16. The van der Waals surface area contributed by atoms with E-state index in [1.165, 1.54) is 11.8 Å². The fraction of sp³-hybridized carbons (Fsp3) is 0.333. The van der Waals surface area contributed by atoms with E-state index < -0.39 is 0 Å². The van der Waals surface area contributed by atoms with Crippen molar-refractivity contribution < 1.29 is 4.39 Å². The van der Waals surface area contributed by atoms with E-state index in [4.69, 9.17) is 0 Å². The van der Waals surface area contributed by atoms with Crippen molar-refractivity contribution >= 4 is 0 Å². The summed E-state index contributed by atoms with van der Waals surface area (Å²) in [6.45, 7) is 5.70. The zero-order valence-corrected chi connectivity index (χ0v) is 10.9. The van der Waals surface area contributed by atoms with Gasteiger partial charge in [0.2, 0.25) is 0 Å². The van der Waals surface area contributed by atoms with Crippen LogP contribution in [0.25, 0.3) is 0 Å². The molecule has 1 heterocycles. The molecular formula is C15H19FN2. The van der Waals surface area contributed by atoms with Crippen molar-refractivity contribution in [1.29, 1.82) is 0 Å². The molecule has 0 aliphatic heterocycles. The first kappa shape index (κ1) is 12.8. The summed E-state index contributed by atoms with van der Waals surface area (Å²) in [5, 5.41) is 3.37. The van der Waals surface area contributed by atoms with Crippen molar-refractivity contribution in [3.63, 3.8) is 0 Å². The largest absolute Gasteiger partial charge is 0.345 e. The summed E-state index contributed by atoms with van der Waals surface area (Å²) in [5.74, 6) is -0.145. The lowest BCUT2D eigenvalue weighted by atomic mass is 10.2. The van der Waals surface area contributed by atoms with E-state index in [2.05, 4.69) is 29.8 Å². The Morgan fingerprint density at radius 1 is 1.22 bits per heavy atom. The predicted octanol–water partition coefficient (Wildman–Crippen LogP) is 3.35. The second-order valence-corrected chi connectivity index (χ2v) is 4.43. The number of rotatable bonds is 5. The minimum atomic E-state index is -0.145. The standard InChI is InChI=1S/C15H19FN2/c1-3-17-12(2)15-9-6-10-18(15)11-13-7-4-5-8-14(13)16/h4-10,12,17H,3,11H2,1-2H3. The summed E-state index contributed by atoms with van der Waals surface area (Å²) >= 11 is 0. The van der Waals surface area contributed by atoms with Crippen molar-refractivity contribution in [1.82, 2.24) is 9.88 Å². The number of halogens is 1. The summed E-state index contributed by atoms with van der Waals surface area (Å²) in [6, 6.07) is 11.3. The van der Waals surface area contributed by atoms with Crippen molar-refractivity contribution in [2.75, 3.05) is 6.54 Å². The molecule has 2 rings (SSSR count). The van der Waals surface area contributed by atoms with E-state index in [1.54, 1.807) is 6.07 Å². The molecule has 96 valence electrons. The topological polar surface area (TPSA) is 17.0 Å². The van der Waals surface area contributed by atoms with E-state index in [0.717, 1.165) is 12.1 Å². The van der Waals surface area contributed by atoms with Gasteiger partial charge in [-0.3, -0.25) is 0 Å². The Bertz CT molecular complexity index is 505. The SMILES string of the molecule is CCNC(C)c1cccn1Cc1ccccc1F. The summed E-state index contributed by atoms with van der Waals surface area (Å²) in [5.41, 5.74) is 1.90. The Morgan fingerprint density at radius 3 is 2.72 bits per heavy atom. The lowest BCUT2D eigenvalue weighted by molar-refractivity contribution is 0.544. The quantitative estimate of drug-likeness (QED) is 0.856. The minimum Gasteiger partial charge on any atom is -0.345 e. The van der Waals surface area contributed by atoms with Crippen LogP contribution in [0.1, 0.15) is 31.1 Å². The number of aromatic nitrogens is 1. The van der Waals surface area contributed by atoms with Crippen LogP contribution in [0, 0.1) is 5.82 Å². The van der Waals surface area contributed by atoms with Gasteiger partial charge in [0.05, 0.1) is 6.54 Å². The first-order valence-electron chi connectivity index (χ1n) is 6.34. The number of benzene rings is 1. The van der Waals surface area contributed by atoms with Gasteiger partial charge in [0.1, 0.15) is 5.82 Å². The third-order valence-electron chi connectivity index (χ3n) is 3.12. The average Bonchev–Trinajstić information content (AvgIpc) is 2.81. The molecule has 2 nitrogen and oxygen atoms in total. The molecule has 0 saturated carbocycles. The molecular weight excluding hydrogens is 227 g/mol. The number of hydrogen-bond acceptors (Lipinski definition) is 1. The van der Waals surface area contributed by atoms with E-state index in [0.29, 0.717) is 6.54 Å².